The zero-order chi connectivity index (χ0) is 12.8. The number of rotatable bonds is 5. The van der Waals surface area contributed by atoms with Gasteiger partial charge in [0.2, 0.25) is 0 Å². The Morgan fingerprint density at radius 1 is 1.41 bits per heavy atom. The lowest BCUT2D eigenvalue weighted by atomic mass is 10.2. The number of ether oxygens (including phenoxy) is 2. The summed E-state index contributed by atoms with van der Waals surface area (Å²) in [6, 6.07) is 2.91. The summed E-state index contributed by atoms with van der Waals surface area (Å²) in [5, 5.41) is 0.180. The van der Waals surface area contributed by atoms with Gasteiger partial charge in [-0.2, -0.15) is 0 Å². The minimum atomic E-state index is -0.410. The van der Waals surface area contributed by atoms with Gasteiger partial charge in [0.05, 0.1) is 11.6 Å². The third kappa shape index (κ3) is 3.46. The molecule has 0 aliphatic rings. The molecule has 0 fully saturated rings. The summed E-state index contributed by atoms with van der Waals surface area (Å²) >= 11 is 5.93. The van der Waals surface area contributed by atoms with Crippen molar-refractivity contribution in [2.24, 2.45) is 0 Å². The van der Waals surface area contributed by atoms with E-state index in [9.17, 15) is 9.59 Å². The van der Waals surface area contributed by atoms with Crippen molar-refractivity contribution < 1.29 is 19.1 Å². The molecule has 0 aromatic heterocycles. The maximum atomic E-state index is 11.2. The van der Waals surface area contributed by atoms with Crippen molar-refractivity contribution >= 4 is 23.9 Å². The molecule has 5 heteroatoms. The molecule has 0 unspecified atom stereocenters. The van der Waals surface area contributed by atoms with Gasteiger partial charge in [-0.25, -0.2) is 0 Å². The van der Waals surface area contributed by atoms with Crippen LogP contribution < -0.4 is 9.47 Å². The van der Waals surface area contributed by atoms with E-state index < -0.39 is 5.97 Å². The number of carbonyl (C=O) groups excluding carboxylic acids is 2. The van der Waals surface area contributed by atoms with Crippen molar-refractivity contribution in [1.82, 2.24) is 0 Å². The Morgan fingerprint density at radius 3 is 2.65 bits per heavy atom. The van der Waals surface area contributed by atoms with E-state index >= 15 is 0 Å². The van der Waals surface area contributed by atoms with Gasteiger partial charge in [0.15, 0.2) is 11.5 Å². The Labute approximate surface area is 104 Å². The molecule has 0 atom stereocenters. The Balaban J connectivity index is 3.15. The Morgan fingerprint density at radius 2 is 2.12 bits per heavy atom. The van der Waals surface area contributed by atoms with Gasteiger partial charge in [0.1, 0.15) is 6.29 Å². The molecular formula is C12H13ClO4. The molecule has 1 aromatic rings. The number of esters is 1. The predicted octanol–water partition coefficient (Wildman–Crippen LogP) is 2.87. The van der Waals surface area contributed by atoms with E-state index in [4.69, 9.17) is 21.1 Å². The highest BCUT2D eigenvalue weighted by molar-refractivity contribution is 6.32. The van der Waals surface area contributed by atoms with Crippen molar-refractivity contribution in [3.63, 3.8) is 0 Å². The molecule has 92 valence electrons. The zero-order valence-corrected chi connectivity index (χ0v) is 10.4. The van der Waals surface area contributed by atoms with Crippen LogP contribution in [0.4, 0.5) is 0 Å². The molecule has 0 saturated carbocycles. The van der Waals surface area contributed by atoms with Crippen LogP contribution in [0.3, 0.4) is 0 Å². The first-order valence-electron chi connectivity index (χ1n) is 5.24. The van der Waals surface area contributed by atoms with Crippen molar-refractivity contribution in [2.75, 3.05) is 6.61 Å². The van der Waals surface area contributed by atoms with Crippen LogP contribution in [0.5, 0.6) is 11.5 Å². The first-order valence-corrected chi connectivity index (χ1v) is 5.62. The van der Waals surface area contributed by atoms with Gasteiger partial charge >= 0.3 is 5.97 Å². The predicted molar refractivity (Wildman–Crippen MR) is 63.9 cm³/mol. The van der Waals surface area contributed by atoms with E-state index in [0.717, 1.165) is 0 Å². The number of hydrogen-bond acceptors (Lipinski definition) is 4. The zero-order valence-electron chi connectivity index (χ0n) is 9.66. The molecule has 0 amide bonds. The largest absolute Gasteiger partial charge is 0.490 e. The molecule has 0 aliphatic heterocycles. The average molecular weight is 257 g/mol. The molecule has 0 saturated heterocycles. The lowest BCUT2D eigenvalue weighted by Gasteiger charge is -2.12. The lowest BCUT2D eigenvalue weighted by molar-refractivity contribution is -0.134. The highest BCUT2D eigenvalue weighted by Gasteiger charge is 2.15. The van der Waals surface area contributed by atoms with Gasteiger partial charge in [0, 0.05) is 12.0 Å². The van der Waals surface area contributed by atoms with E-state index in [2.05, 4.69) is 0 Å². The quantitative estimate of drug-likeness (QED) is 0.462. The average Bonchev–Trinajstić information content (AvgIpc) is 2.33. The molecule has 4 nitrogen and oxygen atoms in total. The Bertz CT molecular complexity index is 429. The molecular weight excluding hydrogens is 244 g/mol. The maximum Gasteiger partial charge on any atom is 0.311 e. The molecule has 1 aromatic carbocycles. The van der Waals surface area contributed by atoms with E-state index in [0.29, 0.717) is 24.2 Å². The first kappa shape index (κ1) is 13.5. The third-order valence-corrected chi connectivity index (χ3v) is 2.25. The van der Waals surface area contributed by atoms with Crippen LogP contribution in [0.25, 0.3) is 0 Å². The summed E-state index contributed by atoms with van der Waals surface area (Å²) in [6.07, 6.45) is 0.886. The fourth-order valence-electron chi connectivity index (χ4n) is 1.20. The second-order valence-corrected chi connectivity index (χ2v) is 3.62. The van der Waals surface area contributed by atoms with Gasteiger partial charge in [-0.15, -0.1) is 0 Å². The SMILES string of the molecule is CCOc1cc(C=O)cc(Cl)c1OC(=O)CC. The van der Waals surface area contributed by atoms with Crippen molar-refractivity contribution in [3.8, 4) is 11.5 Å². The summed E-state index contributed by atoms with van der Waals surface area (Å²) in [7, 11) is 0. The second kappa shape index (κ2) is 6.25. The Hall–Kier alpha value is -1.55. The van der Waals surface area contributed by atoms with E-state index in [1.807, 2.05) is 0 Å². The number of halogens is 1. The smallest absolute Gasteiger partial charge is 0.311 e. The van der Waals surface area contributed by atoms with Crippen LogP contribution in [0.2, 0.25) is 5.02 Å². The van der Waals surface area contributed by atoms with Gasteiger partial charge in [-0.3, -0.25) is 9.59 Å². The summed E-state index contributed by atoms with van der Waals surface area (Å²) in [4.78, 5) is 21.9. The standard InChI is InChI=1S/C12H13ClO4/c1-3-11(15)17-12-9(13)5-8(7-14)6-10(12)16-4-2/h5-7H,3-4H2,1-2H3. The van der Waals surface area contributed by atoms with Gasteiger partial charge in [-0.05, 0) is 19.1 Å². The fraction of sp³-hybridized carbons (Fsp3) is 0.333. The van der Waals surface area contributed by atoms with Crippen molar-refractivity contribution in [1.29, 1.82) is 0 Å². The van der Waals surface area contributed by atoms with E-state index in [-0.39, 0.29) is 17.2 Å². The van der Waals surface area contributed by atoms with E-state index in [1.54, 1.807) is 13.8 Å². The molecule has 1 rings (SSSR count). The van der Waals surface area contributed by atoms with Crippen molar-refractivity contribution in [2.45, 2.75) is 20.3 Å². The first-order chi connectivity index (χ1) is 8.12. The normalized spacial score (nSPS) is 9.82. The molecule has 0 N–H and O–H groups in total. The minimum absolute atomic E-state index is 0.158. The fourth-order valence-corrected chi connectivity index (χ4v) is 1.46. The molecule has 0 bridgehead atoms. The summed E-state index contributed by atoms with van der Waals surface area (Å²) in [5.41, 5.74) is 0.370. The van der Waals surface area contributed by atoms with Gasteiger partial charge in [0.25, 0.3) is 0 Å². The van der Waals surface area contributed by atoms with Crippen molar-refractivity contribution in [3.05, 3.63) is 22.7 Å². The van der Waals surface area contributed by atoms with Crippen LogP contribution >= 0.6 is 11.6 Å². The lowest BCUT2D eigenvalue weighted by Crippen LogP contribution is -2.08. The molecule has 17 heavy (non-hydrogen) atoms. The highest BCUT2D eigenvalue weighted by Crippen LogP contribution is 2.36. The molecule has 0 radical (unpaired) electrons. The molecule has 0 heterocycles. The summed E-state index contributed by atoms with van der Waals surface area (Å²) in [6.45, 7) is 3.85. The maximum absolute atomic E-state index is 11.2. The Kier molecular flexibility index (Phi) is 4.97. The number of hydrogen-bond donors (Lipinski definition) is 0. The number of benzene rings is 1. The summed E-state index contributed by atoms with van der Waals surface area (Å²) < 4.78 is 10.4. The van der Waals surface area contributed by atoms with Crippen LogP contribution in [0.15, 0.2) is 12.1 Å². The minimum Gasteiger partial charge on any atom is -0.490 e. The topological polar surface area (TPSA) is 52.6 Å². The highest BCUT2D eigenvalue weighted by atomic mass is 35.5. The van der Waals surface area contributed by atoms with Crippen LogP contribution in [0.1, 0.15) is 30.6 Å². The van der Waals surface area contributed by atoms with E-state index in [1.165, 1.54) is 12.1 Å². The molecule has 0 aliphatic carbocycles. The van der Waals surface area contributed by atoms with Gasteiger partial charge < -0.3 is 9.47 Å². The van der Waals surface area contributed by atoms with Crippen LogP contribution in [-0.2, 0) is 4.79 Å². The van der Waals surface area contributed by atoms with Crippen LogP contribution in [0, 0.1) is 0 Å². The number of carbonyl (C=O) groups is 2. The van der Waals surface area contributed by atoms with Gasteiger partial charge in [-0.1, -0.05) is 18.5 Å². The number of aldehydes is 1. The molecule has 0 spiro atoms. The summed E-state index contributed by atoms with van der Waals surface area (Å²) in [5.74, 6) is 0.0431. The second-order valence-electron chi connectivity index (χ2n) is 3.21. The third-order valence-electron chi connectivity index (χ3n) is 1.97. The monoisotopic (exact) mass is 256 g/mol. The van der Waals surface area contributed by atoms with Crippen LogP contribution in [-0.4, -0.2) is 18.9 Å².